The number of rotatable bonds is 7. The third-order valence-corrected chi connectivity index (χ3v) is 3.62. The summed E-state index contributed by atoms with van der Waals surface area (Å²) < 4.78 is 32.9. The van der Waals surface area contributed by atoms with Crippen LogP contribution in [0.1, 0.15) is 5.56 Å². The van der Waals surface area contributed by atoms with Crippen LogP contribution in [0.4, 0.5) is 5.69 Å². The molecule has 6 nitrogen and oxygen atoms in total. The molecule has 0 aliphatic heterocycles. The van der Waals surface area contributed by atoms with Crippen molar-refractivity contribution in [2.24, 2.45) is 5.73 Å². The maximum Gasteiger partial charge on any atom is 0.299 e. The minimum atomic E-state index is -3.73. The van der Waals surface area contributed by atoms with Crippen molar-refractivity contribution in [1.29, 1.82) is 0 Å². The van der Waals surface area contributed by atoms with Crippen LogP contribution in [0.15, 0.2) is 18.2 Å². The van der Waals surface area contributed by atoms with Gasteiger partial charge in [0.2, 0.25) is 0 Å². The summed E-state index contributed by atoms with van der Waals surface area (Å²) in [4.78, 5) is 0.0752. The molecule has 0 saturated heterocycles. The van der Waals surface area contributed by atoms with E-state index < -0.39 is 10.2 Å². The average molecular weight is 324 g/mol. The molecular formula is C10H14ClN3O3S2. The number of anilines is 1. The molecule has 0 fully saturated rings. The van der Waals surface area contributed by atoms with Gasteiger partial charge in [-0.2, -0.15) is 13.1 Å². The van der Waals surface area contributed by atoms with E-state index in [0.717, 1.165) is 0 Å². The molecule has 0 saturated carbocycles. The topological polar surface area (TPSA) is 93.4 Å². The molecule has 0 heterocycles. The minimum absolute atomic E-state index is 0.0752. The van der Waals surface area contributed by atoms with Gasteiger partial charge in [-0.25, -0.2) is 0 Å². The number of hydrogen-bond donors (Lipinski definition) is 3. The summed E-state index contributed by atoms with van der Waals surface area (Å²) in [5, 5.41) is 0.370. The predicted molar refractivity (Wildman–Crippen MR) is 79.8 cm³/mol. The predicted octanol–water partition coefficient (Wildman–Crippen LogP) is 0.867. The molecule has 0 aromatic heterocycles. The largest absolute Gasteiger partial charge is 0.389 e. The maximum absolute atomic E-state index is 11.8. The van der Waals surface area contributed by atoms with Crippen LogP contribution in [-0.4, -0.2) is 33.7 Å². The summed E-state index contributed by atoms with van der Waals surface area (Å²) in [5.41, 5.74) is 6.14. The Kier molecular flexibility index (Phi) is 5.95. The molecule has 0 amide bonds. The molecule has 4 N–H and O–H groups in total. The molecule has 0 spiro atoms. The first-order valence-corrected chi connectivity index (χ1v) is 7.48. The van der Waals surface area contributed by atoms with Crippen LogP contribution in [0.3, 0.4) is 0 Å². The molecule has 0 radical (unpaired) electrons. The summed E-state index contributed by atoms with van der Waals surface area (Å²) in [5.74, 6) is 0. The molecule has 0 bridgehead atoms. The molecule has 1 aromatic rings. The normalized spacial score (nSPS) is 11.3. The zero-order valence-electron chi connectivity index (χ0n) is 10.1. The van der Waals surface area contributed by atoms with Crippen LogP contribution < -0.4 is 15.2 Å². The highest BCUT2D eigenvalue weighted by Crippen LogP contribution is 2.21. The van der Waals surface area contributed by atoms with Crippen molar-refractivity contribution in [1.82, 2.24) is 4.72 Å². The number of benzene rings is 1. The zero-order valence-corrected chi connectivity index (χ0v) is 12.5. The lowest BCUT2D eigenvalue weighted by Crippen LogP contribution is -2.33. The molecule has 19 heavy (non-hydrogen) atoms. The van der Waals surface area contributed by atoms with E-state index in [0.29, 0.717) is 10.6 Å². The Hall–Kier alpha value is -0.930. The van der Waals surface area contributed by atoms with Gasteiger partial charge >= 0.3 is 0 Å². The number of hydrogen-bond acceptors (Lipinski definition) is 4. The second-order valence-corrected chi connectivity index (χ2v) is 5.92. The van der Waals surface area contributed by atoms with Gasteiger partial charge < -0.3 is 10.5 Å². The molecular weight excluding hydrogens is 310 g/mol. The first-order chi connectivity index (χ1) is 8.85. The van der Waals surface area contributed by atoms with E-state index in [4.69, 9.17) is 34.3 Å². The van der Waals surface area contributed by atoms with Gasteiger partial charge in [0.25, 0.3) is 10.2 Å². The van der Waals surface area contributed by atoms with Crippen molar-refractivity contribution in [3.05, 3.63) is 28.8 Å². The molecule has 0 unspecified atom stereocenters. The van der Waals surface area contributed by atoms with Gasteiger partial charge in [-0.1, -0.05) is 23.8 Å². The van der Waals surface area contributed by atoms with Crippen LogP contribution in [0.5, 0.6) is 0 Å². The summed E-state index contributed by atoms with van der Waals surface area (Å²) in [6.45, 7) is 0.410. The van der Waals surface area contributed by atoms with Crippen molar-refractivity contribution in [2.45, 2.75) is 0 Å². The number of nitrogens with two attached hydrogens (primary N) is 1. The van der Waals surface area contributed by atoms with Crippen molar-refractivity contribution in [2.75, 3.05) is 25.0 Å². The molecule has 1 aromatic carbocycles. The SMILES string of the molecule is COCCNS(=O)(=O)Nc1cc(Cl)ccc1C(N)=S. The number of ether oxygens (including phenoxy) is 1. The van der Waals surface area contributed by atoms with Crippen LogP contribution in [0.25, 0.3) is 0 Å². The Balaban J connectivity index is 2.92. The van der Waals surface area contributed by atoms with Gasteiger partial charge in [-0.15, -0.1) is 0 Å². The quantitative estimate of drug-likeness (QED) is 0.511. The Morgan fingerprint density at radius 1 is 1.53 bits per heavy atom. The number of methoxy groups -OCH3 is 1. The third kappa shape index (κ3) is 5.29. The van der Waals surface area contributed by atoms with E-state index in [1.165, 1.54) is 13.2 Å². The highest BCUT2D eigenvalue weighted by molar-refractivity contribution is 7.90. The Bertz CT molecular complexity index is 563. The van der Waals surface area contributed by atoms with E-state index in [-0.39, 0.29) is 23.8 Å². The molecule has 9 heteroatoms. The second-order valence-electron chi connectivity index (χ2n) is 3.55. The van der Waals surface area contributed by atoms with Crippen molar-refractivity contribution in [3.8, 4) is 0 Å². The summed E-state index contributed by atoms with van der Waals surface area (Å²) in [6, 6.07) is 4.56. The minimum Gasteiger partial charge on any atom is -0.389 e. The fraction of sp³-hybridized carbons (Fsp3) is 0.300. The Morgan fingerprint density at radius 3 is 2.79 bits per heavy atom. The van der Waals surface area contributed by atoms with E-state index in [1.807, 2.05) is 0 Å². The van der Waals surface area contributed by atoms with E-state index in [2.05, 4.69) is 9.44 Å². The van der Waals surface area contributed by atoms with Crippen LogP contribution >= 0.6 is 23.8 Å². The molecule has 1 rings (SSSR count). The van der Waals surface area contributed by atoms with Crippen molar-refractivity contribution >= 4 is 44.7 Å². The van der Waals surface area contributed by atoms with Gasteiger partial charge in [-0.05, 0) is 18.2 Å². The summed E-state index contributed by atoms with van der Waals surface area (Å²) in [6.07, 6.45) is 0. The van der Waals surface area contributed by atoms with Crippen molar-refractivity contribution < 1.29 is 13.2 Å². The van der Waals surface area contributed by atoms with Gasteiger partial charge in [0.1, 0.15) is 4.99 Å². The Labute approximate surface area is 122 Å². The molecule has 106 valence electrons. The monoisotopic (exact) mass is 323 g/mol. The molecule has 0 aliphatic carbocycles. The summed E-state index contributed by atoms with van der Waals surface area (Å²) in [7, 11) is -2.26. The lowest BCUT2D eigenvalue weighted by Gasteiger charge is -2.12. The molecule has 0 aliphatic rings. The van der Waals surface area contributed by atoms with E-state index in [9.17, 15) is 8.42 Å². The Morgan fingerprint density at radius 2 is 2.21 bits per heavy atom. The van der Waals surface area contributed by atoms with Gasteiger partial charge in [0.05, 0.1) is 12.3 Å². The molecule has 0 atom stereocenters. The van der Waals surface area contributed by atoms with Gasteiger partial charge in [0.15, 0.2) is 0 Å². The lowest BCUT2D eigenvalue weighted by atomic mass is 10.2. The van der Waals surface area contributed by atoms with E-state index >= 15 is 0 Å². The highest BCUT2D eigenvalue weighted by atomic mass is 35.5. The summed E-state index contributed by atoms with van der Waals surface area (Å²) >= 11 is 10.7. The van der Waals surface area contributed by atoms with Crippen LogP contribution in [-0.2, 0) is 14.9 Å². The average Bonchev–Trinajstić information content (AvgIpc) is 2.28. The van der Waals surface area contributed by atoms with Gasteiger partial charge in [0, 0.05) is 24.2 Å². The maximum atomic E-state index is 11.8. The van der Waals surface area contributed by atoms with Gasteiger partial charge in [-0.3, -0.25) is 4.72 Å². The fourth-order valence-electron chi connectivity index (χ4n) is 1.27. The number of halogens is 1. The van der Waals surface area contributed by atoms with Crippen LogP contribution in [0.2, 0.25) is 5.02 Å². The first-order valence-electron chi connectivity index (χ1n) is 5.21. The zero-order chi connectivity index (χ0) is 14.5. The van der Waals surface area contributed by atoms with Crippen molar-refractivity contribution in [3.63, 3.8) is 0 Å². The number of thiocarbonyl (C=S) groups is 1. The van der Waals surface area contributed by atoms with E-state index in [1.54, 1.807) is 12.1 Å². The smallest absolute Gasteiger partial charge is 0.299 e. The third-order valence-electron chi connectivity index (χ3n) is 2.09. The first kappa shape index (κ1) is 16.1. The fourth-order valence-corrected chi connectivity index (χ4v) is 2.51. The van der Waals surface area contributed by atoms with Crippen LogP contribution in [0, 0.1) is 0 Å². The lowest BCUT2D eigenvalue weighted by molar-refractivity contribution is 0.204. The second kappa shape index (κ2) is 7.01. The highest BCUT2D eigenvalue weighted by Gasteiger charge is 2.13. The number of nitrogens with one attached hydrogen (secondary N) is 2. The standard InChI is InChI=1S/C10H14ClN3O3S2/c1-17-5-4-13-19(15,16)14-9-6-7(11)2-3-8(9)10(12)18/h2-3,6,13-14H,4-5H2,1H3,(H2,12,18).